The van der Waals surface area contributed by atoms with Crippen molar-refractivity contribution in [2.24, 2.45) is 0 Å². The van der Waals surface area contributed by atoms with E-state index in [9.17, 15) is 0 Å². The largest absolute Gasteiger partial charge is 0.456 e. The van der Waals surface area contributed by atoms with E-state index >= 15 is 0 Å². The van der Waals surface area contributed by atoms with Crippen molar-refractivity contribution in [3.8, 4) is 27.9 Å². The predicted octanol–water partition coefficient (Wildman–Crippen LogP) is 15.2. The smallest absolute Gasteiger partial charge is 0.333 e. The van der Waals surface area contributed by atoms with Crippen LogP contribution < -0.4 is 15.7 Å². The molecule has 0 radical (unpaired) electrons. The van der Waals surface area contributed by atoms with Gasteiger partial charge in [0.05, 0.1) is 11.0 Å². The highest BCUT2D eigenvalue weighted by atomic mass is 16.3. The summed E-state index contributed by atoms with van der Waals surface area (Å²) in [5, 5.41) is 5.03. The van der Waals surface area contributed by atoms with E-state index in [1.54, 1.807) is 0 Å². The Hall–Kier alpha value is -6.00. The molecule has 2 aromatic heterocycles. The first-order valence-electron chi connectivity index (χ1n) is 24.1. The third-order valence-electron chi connectivity index (χ3n) is 16.8. The fourth-order valence-electron chi connectivity index (χ4n) is 12.8. The van der Waals surface area contributed by atoms with Crippen LogP contribution in [0.1, 0.15) is 129 Å². The van der Waals surface area contributed by atoms with Crippen molar-refractivity contribution in [2.45, 2.75) is 123 Å². The molecule has 0 spiro atoms. The molecule has 0 N–H and O–H groups in total. The van der Waals surface area contributed by atoms with E-state index in [0.29, 0.717) is 0 Å². The number of anilines is 2. The summed E-state index contributed by atoms with van der Waals surface area (Å²) >= 11 is 0. The molecule has 65 heavy (non-hydrogen) atoms. The number of aromatic nitrogens is 1. The number of furan rings is 1. The molecule has 0 unspecified atom stereocenters. The minimum Gasteiger partial charge on any atom is -0.456 e. The van der Waals surface area contributed by atoms with E-state index in [4.69, 9.17) is 4.42 Å². The molecule has 0 saturated heterocycles. The molecule has 7 aromatic carbocycles. The van der Waals surface area contributed by atoms with Gasteiger partial charge in [-0.2, -0.15) is 0 Å². The lowest BCUT2D eigenvalue weighted by Crippen LogP contribution is -2.60. The zero-order valence-electron chi connectivity index (χ0n) is 40.3. The SMILES string of the molecule is CC(C)(C)c1ccc(N2B3c4cc(C(C)(C)C)ccc4-n4c5cc6c(cc5c5ccc(c3c54)-c3cc4oc5cc7c(cc5c4cc32)C(C)(C)CCC7(C)C)-c2ccccc2C6(C)C)cc1. The van der Waals surface area contributed by atoms with Crippen LogP contribution in [0.3, 0.4) is 0 Å². The first-order valence-corrected chi connectivity index (χ1v) is 24.1. The molecule has 4 heterocycles. The van der Waals surface area contributed by atoms with Gasteiger partial charge in [0.2, 0.25) is 0 Å². The van der Waals surface area contributed by atoms with Crippen LogP contribution in [0.5, 0.6) is 0 Å². The van der Waals surface area contributed by atoms with E-state index in [2.05, 4.69) is 208 Å². The summed E-state index contributed by atoms with van der Waals surface area (Å²) in [4.78, 5) is 2.69. The Morgan fingerprint density at radius 2 is 1.17 bits per heavy atom. The zero-order valence-corrected chi connectivity index (χ0v) is 40.3. The second-order valence-corrected chi connectivity index (χ2v) is 24.1. The van der Waals surface area contributed by atoms with Gasteiger partial charge in [-0.25, -0.2) is 0 Å². The van der Waals surface area contributed by atoms with Gasteiger partial charge in [0.1, 0.15) is 11.2 Å². The maximum Gasteiger partial charge on any atom is 0.333 e. The normalized spacial score (nSPS) is 17.4. The number of nitrogens with zero attached hydrogens (tertiary/aromatic N) is 2. The van der Waals surface area contributed by atoms with Crippen molar-refractivity contribution in [1.82, 2.24) is 4.57 Å². The van der Waals surface area contributed by atoms with E-state index in [0.717, 1.165) is 11.2 Å². The van der Waals surface area contributed by atoms with Gasteiger partial charge in [0.25, 0.3) is 0 Å². The lowest BCUT2D eigenvalue weighted by Gasteiger charge is -2.42. The molecule has 0 amide bonds. The molecule has 4 aliphatic rings. The van der Waals surface area contributed by atoms with E-state index < -0.39 is 0 Å². The van der Waals surface area contributed by atoms with Crippen LogP contribution in [-0.2, 0) is 27.1 Å². The lowest BCUT2D eigenvalue weighted by atomic mass is 9.43. The Morgan fingerprint density at radius 1 is 0.508 bits per heavy atom. The van der Waals surface area contributed by atoms with Crippen LogP contribution in [-0.4, -0.2) is 11.4 Å². The Kier molecular flexibility index (Phi) is 7.43. The van der Waals surface area contributed by atoms with Crippen LogP contribution in [0.4, 0.5) is 11.4 Å². The van der Waals surface area contributed by atoms with Crippen LogP contribution in [0.25, 0.3) is 71.7 Å². The van der Waals surface area contributed by atoms with E-state index in [1.165, 1.54) is 129 Å². The van der Waals surface area contributed by atoms with Gasteiger partial charge in [-0.05, 0) is 150 Å². The predicted molar refractivity (Wildman–Crippen MR) is 277 cm³/mol. The molecule has 322 valence electrons. The van der Waals surface area contributed by atoms with Crippen molar-refractivity contribution in [1.29, 1.82) is 0 Å². The lowest BCUT2D eigenvalue weighted by molar-refractivity contribution is 0.332. The molecule has 0 bridgehead atoms. The van der Waals surface area contributed by atoms with Crippen molar-refractivity contribution >= 4 is 72.9 Å². The number of rotatable bonds is 1. The van der Waals surface area contributed by atoms with E-state index in [1.807, 2.05) is 0 Å². The first-order chi connectivity index (χ1) is 30.7. The Bertz CT molecular complexity index is 3600. The van der Waals surface area contributed by atoms with Crippen LogP contribution in [0.15, 0.2) is 120 Å². The van der Waals surface area contributed by atoms with Gasteiger partial charge >= 0.3 is 6.85 Å². The standard InChI is InChI=1S/C61H59BN2O/c1-57(2,3)34-17-20-36(21-18-34)64-52-30-44-43-29-47-48(60(9,10)26-25-59(47,7)8)33-54(43)65-53(44)31-42(52)38-22-23-39-41-28-40-37-15-13-14-16-45(37)61(11,12)46(40)32-51(41)63-50-24-19-35(58(4,5)6)27-49(50)62(64)55(38)56(39)63/h13-24,27-33H,25-26H2,1-12H3. The number of hydrogen-bond donors (Lipinski definition) is 0. The molecule has 4 heteroatoms. The van der Waals surface area contributed by atoms with Crippen molar-refractivity contribution in [3.63, 3.8) is 0 Å². The molecular weight excluding hydrogens is 787 g/mol. The average Bonchev–Trinajstić information content (AvgIpc) is 3.86. The first kappa shape index (κ1) is 39.4. The maximum atomic E-state index is 7.03. The highest BCUT2D eigenvalue weighted by Crippen LogP contribution is 2.54. The van der Waals surface area contributed by atoms with Gasteiger partial charge in [-0.1, -0.05) is 144 Å². The van der Waals surface area contributed by atoms with Crippen molar-refractivity contribution < 1.29 is 4.42 Å². The summed E-state index contributed by atoms with van der Waals surface area (Å²) in [5.74, 6) is 0. The fraction of sp³-hybridized carbons (Fsp3) is 0.311. The summed E-state index contributed by atoms with van der Waals surface area (Å²) in [5.41, 5.74) is 24.7. The second-order valence-electron chi connectivity index (χ2n) is 24.1. The highest BCUT2D eigenvalue weighted by molar-refractivity contribution is 6.93. The molecule has 2 aliphatic heterocycles. The maximum absolute atomic E-state index is 7.03. The fourth-order valence-corrected chi connectivity index (χ4v) is 12.8. The van der Waals surface area contributed by atoms with Crippen LogP contribution in [0.2, 0.25) is 0 Å². The Morgan fingerprint density at radius 3 is 1.89 bits per heavy atom. The molecular formula is C61H59BN2O. The molecule has 0 fully saturated rings. The van der Waals surface area contributed by atoms with Gasteiger partial charge < -0.3 is 13.8 Å². The van der Waals surface area contributed by atoms with Crippen LogP contribution in [0, 0.1) is 0 Å². The monoisotopic (exact) mass is 846 g/mol. The van der Waals surface area contributed by atoms with Gasteiger partial charge in [0.15, 0.2) is 0 Å². The average molecular weight is 847 g/mol. The highest BCUT2D eigenvalue weighted by Gasteiger charge is 2.46. The third-order valence-corrected chi connectivity index (χ3v) is 16.8. The quantitative estimate of drug-likeness (QED) is 0.154. The van der Waals surface area contributed by atoms with Gasteiger partial charge in [-0.15, -0.1) is 0 Å². The minimum absolute atomic E-state index is 0.0331. The Balaban J connectivity index is 1.16. The number of fused-ring (bicyclic) bond motifs is 15. The molecule has 0 saturated carbocycles. The summed E-state index contributed by atoms with van der Waals surface area (Å²) in [7, 11) is 0. The molecule has 13 rings (SSSR count). The summed E-state index contributed by atoms with van der Waals surface area (Å²) in [6, 6.07) is 45.6. The topological polar surface area (TPSA) is 21.3 Å². The third kappa shape index (κ3) is 5.15. The molecule has 2 aliphatic carbocycles. The minimum atomic E-state index is -0.107. The van der Waals surface area contributed by atoms with Crippen LogP contribution >= 0.6 is 0 Å². The van der Waals surface area contributed by atoms with Gasteiger partial charge in [0, 0.05) is 49.6 Å². The zero-order chi connectivity index (χ0) is 45.1. The number of hydrogen-bond acceptors (Lipinski definition) is 2. The molecule has 9 aromatic rings. The van der Waals surface area contributed by atoms with Crippen molar-refractivity contribution in [3.05, 3.63) is 149 Å². The Labute approximate surface area is 384 Å². The van der Waals surface area contributed by atoms with Crippen molar-refractivity contribution in [2.75, 3.05) is 4.81 Å². The number of benzene rings is 7. The molecule has 0 atom stereocenters. The summed E-state index contributed by atoms with van der Waals surface area (Å²) in [6.07, 6.45) is 2.35. The molecule has 3 nitrogen and oxygen atoms in total. The van der Waals surface area contributed by atoms with E-state index in [-0.39, 0.29) is 33.9 Å². The summed E-state index contributed by atoms with van der Waals surface area (Å²) < 4.78 is 9.67. The van der Waals surface area contributed by atoms with Gasteiger partial charge in [-0.3, -0.25) is 0 Å². The second kappa shape index (κ2) is 12.3. The summed E-state index contributed by atoms with van der Waals surface area (Å²) in [6.45, 7) is 28.4.